The lowest BCUT2D eigenvalue weighted by molar-refractivity contribution is -0.135. The molecule has 1 fully saturated rings. The molecule has 0 aromatic heterocycles. The number of fused-ring (bicyclic) bond motifs is 1. The summed E-state index contributed by atoms with van der Waals surface area (Å²) < 4.78 is 10.7. The quantitative estimate of drug-likeness (QED) is 0.759. The van der Waals surface area contributed by atoms with Gasteiger partial charge >= 0.3 is 0 Å². The second kappa shape index (κ2) is 8.39. The summed E-state index contributed by atoms with van der Waals surface area (Å²) >= 11 is 0. The molecule has 146 valence electrons. The largest absolute Gasteiger partial charge is 0.482 e. The van der Waals surface area contributed by atoms with Crippen molar-refractivity contribution in [1.82, 2.24) is 9.80 Å². The molecule has 8 nitrogen and oxygen atoms in total. The number of nitrogens with zero attached hydrogens (tertiary/aromatic N) is 3. The molecule has 0 saturated carbocycles. The Balaban J connectivity index is 1.84. The Bertz CT molecular complexity index is 726. The summed E-state index contributed by atoms with van der Waals surface area (Å²) in [5.41, 5.74) is 0.936. The second-order valence-corrected chi connectivity index (χ2v) is 6.42. The van der Waals surface area contributed by atoms with Crippen molar-refractivity contribution >= 4 is 23.4 Å². The van der Waals surface area contributed by atoms with Crippen LogP contribution >= 0.6 is 0 Å². The van der Waals surface area contributed by atoms with E-state index in [0.717, 1.165) is 0 Å². The maximum Gasteiger partial charge on any atom is 0.265 e. The molecule has 2 aliphatic rings. The normalized spacial score (nSPS) is 16.6. The van der Waals surface area contributed by atoms with E-state index in [4.69, 9.17) is 9.47 Å². The van der Waals surface area contributed by atoms with Gasteiger partial charge in [0.05, 0.1) is 18.9 Å². The fourth-order valence-electron chi connectivity index (χ4n) is 3.25. The minimum atomic E-state index is -0.295. The van der Waals surface area contributed by atoms with Gasteiger partial charge in [0.25, 0.3) is 11.8 Å². The summed E-state index contributed by atoms with van der Waals surface area (Å²) in [6.45, 7) is 6.88. The number of carbonyl (C=O) groups is 3. The van der Waals surface area contributed by atoms with Crippen molar-refractivity contribution in [2.45, 2.75) is 13.8 Å². The molecular formula is C19H25N3O5. The first-order chi connectivity index (χ1) is 13.0. The molecule has 0 N–H and O–H groups in total. The highest BCUT2D eigenvalue weighted by atomic mass is 16.5. The van der Waals surface area contributed by atoms with Gasteiger partial charge in [0.1, 0.15) is 12.3 Å². The summed E-state index contributed by atoms with van der Waals surface area (Å²) in [4.78, 5) is 42.5. The van der Waals surface area contributed by atoms with E-state index in [0.29, 0.717) is 56.4 Å². The predicted molar refractivity (Wildman–Crippen MR) is 98.9 cm³/mol. The fraction of sp³-hybridized carbons (Fsp3) is 0.526. The van der Waals surface area contributed by atoms with E-state index in [1.54, 1.807) is 28.0 Å². The Morgan fingerprint density at radius 1 is 1.15 bits per heavy atom. The number of ether oxygens (including phenoxy) is 2. The van der Waals surface area contributed by atoms with Crippen LogP contribution in [0.2, 0.25) is 0 Å². The van der Waals surface area contributed by atoms with Crippen LogP contribution in [0.25, 0.3) is 0 Å². The zero-order valence-corrected chi connectivity index (χ0v) is 15.8. The number of carbonyl (C=O) groups excluding carboxylic acids is 3. The molecule has 0 aliphatic carbocycles. The van der Waals surface area contributed by atoms with Crippen molar-refractivity contribution in [3.05, 3.63) is 23.8 Å². The van der Waals surface area contributed by atoms with Crippen molar-refractivity contribution in [2.24, 2.45) is 0 Å². The highest BCUT2D eigenvalue weighted by molar-refractivity contribution is 6.04. The molecule has 8 heteroatoms. The number of anilines is 1. The van der Waals surface area contributed by atoms with Crippen molar-refractivity contribution in [2.75, 3.05) is 57.4 Å². The number of hydrogen-bond donors (Lipinski definition) is 0. The average Bonchev–Trinajstić information content (AvgIpc) is 2.71. The van der Waals surface area contributed by atoms with Gasteiger partial charge in [-0.15, -0.1) is 0 Å². The maximum absolute atomic E-state index is 12.6. The van der Waals surface area contributed by atoms with E-state index in [1.165, 1.54) is 4.90 Å². The molecule has 2 aliphatic heterocycles. The molecule has 0 bridgehead atoms. The number of benzene rings is 1. The summed E-state index contributed by atoms with van der Waals surface area (Å²) in [6, 6.07) is 5.02. The van der Waals surface area contributed by atoms with Crippen molar-refractivity contribution < 1.29 is 23.9 Å². The summed E-state index contributed by atoms with van der Waals surface area (Å²) in [5, 5.41) is 0. The summed E-state index contributed by atoms with van der Waals surface area (Å²) in [5.74, 6) is -0.0442. The first-order valence-electron chi connectivity index (χ1n) is 9.27. The first kappa shape index (κ1) is 19.2. The summed E-state index contributed by atoms with van der Waals surface area (Å²) in [7, 11) is 0. The Hall–Kier alpha value is -2.61. The van der Waals surface area contributed by atoms with Crippen LogP contribution in [-0.4, -0.2) is 80.1 Å². The molecule has 27 heavy (non-hydrogen) atoms. The first-order valence-corrected chi connectivity index (χ1v) is 9.27. The van der Waals surface area contributed by atoms with Gasteiger partial charge in [0, 0.05) is 31.7 Å². The molecule has 0 unspecified atom stereocenters. The van der Waals surface area contributed by atoms with Crippen LogP contribution in [-0.2, 0) is 14.3 Å². The Morgan fingerprint density at radius 2 is 1.85 bits per heavy atom. The smallest absolute Gasteiger partial charge is 0.265 e. The van der Waals surface area contributed by atoms with Crippen molar-refractivity contribution in [1.29, 1.82) is 0 Å². The molecule has 2 heterocycles. The molecule has 0 atom stereocenters. The minimum Gasteiger partial charge on any atom is -0.482 e. The number of amides is 3. The predicted octanol–water partition coefficient (Wildman–Crippen LogP) is 0.753. The Labute approximate surface area is 158 Å². The van der Waals surface area contributed by atoms with E-state index in [9.17, 15) is 14.4 Å². The molecule has 1 saturated heterocycles. The molecule has 3 rings (SSSR count). The summed E-state index contributed by atoms with van der Waals surface area (Å²) in [6.07, 6.45) is 0. The van der Waals surface area contributed by atoms with E-state index >= 15 is 0 Å². The number of rotatable bonds is 5. The van der Waals surface area contributed by atoms with Gasteiger partial charge in [-0.3, -0.25) is 19.3 Å². The molecule has 3 amide bonds. The van der Waals surface area contributed by atoms with Gasteiger partial charge in [-0.05, 0) is 32.0 Å². The lowest BCUT2D eigenvalue weighted by atomic mass is 10.1. The van der Waals surface area contributed by atoms with E-state index < -0.39 is 0 Å². The van der Waals surface area contributed by atoms with E-state index in [-0.39, 0.29) is 30.9 Å². The number of hydrogen-bond acceptors (Lipinski definition) is 5. The third kappa shape index (κ3) is 4.05. The van der Waals surface area contributed by atoms with Crippen LogP contribution in [0.1, 0.15) is 24.2 Å². The average molecular weight is 375 g/mol. The van der Waals surface area contributed by atoms with Gasteiger partial charge in [0.2, 0.25) is 5.91 Å². The van der Waals surface area contributed by atoms with Crippen molar-refractivity contribution in [3.63, 3.8) is 0 Å². The monoisotopic (exact) mass is 375 g/mol. The maximum atomic E-state index is 12.6. The minimum absolute atomic E-state index is 0.0713. The zero-order valence-electron chi connectivity index (χ0n) is 15.8. The Kier molecular flexibility index (Phi) is 5.95. The molecule has 0 radical (unpaired) electrons. The molecule has 1 aromatic carbocycles. The van der Waals surface area contributed by atoms with E-state index in [1.807, 2.05) is 13.8 Å². The Morgan fingerprint density at radius 3 is 2.52 bits per heavy atom. The SMILES string of the molecule is CCN(CC)C(=O)c1ccc2c(c1)N(CC(=O)N1CCOCC1)C(=O)CO2. The van der Waals surface area contributed by atoms with Crippen LogP contribution in [0.3, 0.4) is 0 Å². The lowest BCUT2D eigenvalue weighted by Crippen LogP contribution is -2.49. The van der Waals surface area contributed by atoms with Crippen LogP contribution in [0.4, 0.5) is 5.69 Å². The highest BCUT2D eigenvalue weighted by Crippen LogP contribution is 2.33. The molecular weight excluding hydrogens is 350 g/mol. The van der Waals surface area contributed by atoms with Gasteiger partial charge < -0.3 is 19.3 Å². The number of morpholine rings is 1. The molecule has 0 spiro atoms. The van der Waals surface area contributed by atoms with Gasteiger partial charge in [-0.25, -0.2) is 0 Å². The zero-order chi connectivity index (χ0) is 19.4. The lowest BCUT2D eigenvalue weighted by Gasteiger charge is -2.33. The topological polar surface area (TPSA) is 79.4 Å². The highest BCUT2D eigenvalue weighted by Gasteiger charge is 2.30. The van der Waals surface area contributed by atoms with Crippen LogP contribution < -0.4 is 9.64 Å². The van der Waals surface area contributed by atoms with Crippen molar-refractivity contribution in [3.8, 4) is 5.75 Å². The fourth-order valence-corrected chi connectivity index (χ4v) is 3.25. The van der Waals surface area contributed by atoms with Gasteiger partial charge in [-0.2, -0.15) is 0 Å². The third-order valence-corrected chi connectivity index (χ3v) is 4.86. The standard InChI is InChI=1S/C19H25N3O5/c1-3-20(4-2)19(25)14-5-6-16-15(11-14)22(18(24)13-27-16)12-17(23)21-7-9-26-10-8-21/h5-6,11H,3-4,7-10,12-13H2,1-2H3. The third-order valence-electron chi connectivity index (χ3n) is 4.86. The van der Waals surface area contributed by atoms with Crippen LogP contribution in [0.5, 0.6) is 5.75 Å². The molecule has 1 aromatic rings. The van der Waals surface area contributed by atoms with Crippen LogP contribution in [0, 0.1) is 0 Å². The van der Waals surface area contributed by atoms with E-state index in [2.05, 4.69) is 0 Å². The van der Waals surface area contributed by atoms with Gasteiger partial charge in [-0.1, -0.05) is 0 Å². The van der Waals surface area contributed by atoms with Gasteiger partial charge in [0.15, 0.2) is 6.61 Å². The second-order valence-electron chi connectivity index (χ2n) is 6.42. The van der Waals surface area contributed by atoms with Crippen LogP contribution in [0.15, 0.2) is 18.2 Å².